The topological polar surface area (TPSA) is 59.1 Å². The maximum atomic E-state index is 13.0. The Bertz CT molecular complexity index is 710. The van der Waals surface area contributed by atoms with E-state index in [1.165, 1.54) is 7.11 Å². The van der Waals surface area contributed by atoms with Gasteiger partial charge >= 0.3 is 0 Å². The summed E-state index contributed by atoms with van der Waals surface area (Å²) in [5.74, 6) is 0.472. The quantitative estimate of drug-likeness (QED) is 0.817. The minimum atomic E-state index is -0.631. The Balaban J connectivity index is 1.65. The first-order valence-electron chi connectivity index (χ1n) is 8.15. The van der Waals surface area contributed by atoms with Crippen LogP contribution in [0.25, 0.3) is 0 Å². The highest BCUT2D eigenvalue weighted by Crippen LogP contribution is 2.45. The number of hydrogen-bond acceptors (Lipinski definition) is 4. The van der Waals surface area contributed by atoms with E-state index in [0.717, 1.165) is 6.42 Å². The second kappa shape index (κ2) is 5.63. The van der Waals surface area contributed by atoms with Crippen molar-refractivity contribution in [2.75, 3.05) is 26.8 Å². The van der Waals surface area contributed by atoms with E-state index in [9.17, 15) is 9.59 Å². The van der Waals surface area contributed by atoms with Crippen molar-refractivity contribution >= 4 is 23.4 Å². The Labute approximate surface area is 145 Å². The molecule has 0 saturated carbocycles. The predicted octanol–water partition coefficient (Wildman–Crippen LogP) is 1.91. The Kier molecular flexibility index (Phi) is 3.69. The van der Waals surface area contributed by atoms with Crippen LogP contribution < -0.4 is 4.74 Å². The van der Waals surface area contributed by atoms with Crippen LogP contribution in [-0.4, -0.2) is 60.2 Å². The molecule has 1 aromatic carbocycles. The van der Waals surface area contributed by atoms with Gasteiger partial charge in [-0.05, 0) is 24.6 Å². The Morgan fingerprint density at radius 3 is 3.00 bits per heavy atom. The van der Waals surface area contributed by atoms with E-state index < -0.39 is 5.72 Å². The van der Waals surface area contributed by atoms with E-state index in [-0.39, 0.29) is 17.9 Å². The van der Waals surface area contributed by atoms with Gasteiger partial charge in [-0.1, -0.05) is 11.6 Å². The number of hydrogen-bond donors (Lipinski definition) is 0. The predicted molar refractivity (Wildman–Crippen MR) is 87.1 cm³/mol. The minimum Gasteiger partial charge on any atom is -0.497 e. The molecule has 128 valence electrons. The lowest BCUT2D eigenvalue weighted by atomic mass is 10.0. The molecule has 0 aliphatic carbocycles. The number of amides is 2. The zero-order chi connectivity index (χ0) is 16.9. The summed E-state index contributed by atoms with van der Waals surface area (Å²) < 4.78 is 11.2. The van der Waals surface area contributed by atoms with Crippen molar-refractivity contribution in [2.45, 2.75) is 31.0 Å². The summed E-state index contributed by atoms with van der Waals surface area (Å²) in [6.45, 7) is 1.91. The zero-order valence-corrected chi connectivity index (χ0v) is 14.2. The fourth-order valence-electron chi connectivity index (χ4n) is 4.16. The van der Waals surface area contributed by atoms with E-state index in [0.29, 0.717) is 48.9 Å². The van der Waals surface area contributed by atoms with Gasteiger partial charge in [0.25, 0.3) is 5.91 Å². The summed E-state index contributed by atoms with van der Waals surface area (Å²) in [5, 5.41) is 0.449. The maximum Gasteiger partial charge on any atom is 0.254 e. The number of nitrogens with zero attached hydrogens (tertiary/aromatic N) is 2. The van der Waals surface area contributed by atoms with Gasteiger partial charge in [-0.2, -0.15) is 0 Å². The molecule has 6 nitrogen and oxygen atoms in total. The van der Waals surface area contributed by atoms with Crippen LogP contribution in [-0.2, 0) is 9.53 Å². The number of halogens is 1. The maximum absolute atomic E-state index is 13.0. The monoisotopic (exact) mass is 350 g/mol. The van der Waals surface area contributed by atoms with Gasteiger partial charge in [0.05, 0.1) is 26.2 Å². The van der Waals surface area contributed by atoms with Crippen molar-refractivity contribution in [3.63, 3.8) is 0 Å². The summed E-state index contributed by atoms with van der Waals surface area (Å²) >= 11 is 6.09. The van der Waals surface area contributed by atoms with Crippen LogP contribution >= 0.6 is 11.6 Å². The SMILES string of the molecule is COc1cc(Cl)cc(C(=O)N2CC[C@@]34OCCCN3C(=O)C[C@@H]24)c1. The summed E-state index contributed by atoms with van der Waals surface area (Å²) in [4.78, 5) is 28.9. The third-order valence-corrected chi connectivity index (χ3v) is 5.44. The normalized spacial score (nSPS) is 28.8. The molecular formula is C17H19ClN2O4. The highest BCUT2D eigenvalue weighted by Gasteiger charge is 2.61. The number of carbonyl (C=O) groups excluding carboxylic acids is 2. The third-order valence-electron chi connectivity index (χ3n) is 5.23. The molecule has 7 heteroatoms. The molecule has 24 heavy (non-hydrogen) atoms. The average molecular weight is 351 g/mol. The van der Waals surface area contributed by atoms with E-state index in [2.05, 4.69) is 0 Å². The van der Waals surface area contributed by atoms with Crippen molar-refractivity contribution < 1.29 is 19.1 Å². The van der Waals surface area contributed by atoms with Crippen LogP contribution in [0.15, 0.2) is 18.2 Å². The number of ether oxygens (including phenoxy) is 2. The largest absolute Gasteiger partial charge is 0.497 e. The van der Waals surface area contributed by atoms with E-state index in [4.69, 9.17) is 21.1 Å². The zero-order valence-electron chi connectivity index (χ0n) is 13.5. The van der Waals surface area contributed by atoms with Crippen LogP contribution in [0.4, 0.5) is 0 Å². The van der Waals surface area contributed by atoms with Gasteiger partial charge in [-0.3, -0.25) is 9.59 Å². The first kappa shape index (κ1) is 15.7. The lowest BCUT2D eigenvalue weighted by Crippen LogP contribution is -2.56. The van der Waals surface area contributed by atoms with Crippen molar-refractivity contribution in [1.82, 2.24) is 9.80 Å². The summed E-state index contributed by atoms with van der Waals surface area (Å²) in [5.41, 5.74) is -0.161. The molecule has 3 aliphatic heterocycles. The number of rotatable bonds is 2. The molecule has 2 amide bonds. The first-order chi connectivity index (χ1) is 11.5. The van der Waals surface area contributed by atoms with E-state index in [1.807, 2.05) is 4.90 Å². The second-order valence-corrected chi connectivity index (χ2v) is 6.88. The summed E-state index contributed by atoms with van der Waals surface area (Å²) in [7, 11) is 1.54. The molecule has 2 atom stereocenters. The molecule has 3 aliphatic rings. The Morgan fingerprint density at radius 1 is 1.38 bits per heavy atom. The fraction of sp³-hybridized carbons (Fsp3) is 0.529. The number of methoxy groups -OCH3 is 1. The van der Waals surface area contributed by atoms with Gasteiger partial charge in [-0.25, -0.2) is 0 Å². The fourth-order valence-corrected chi connectivity index (χ4v) is 4.39. The van der Waals surface area contributed by atoms with Gasteiger partial charge in [0.15, 0.2) is 5.72 Å². The van der Waals surface area contributed by atoms with E-state index in [1.54, 1.807) is 23.1 Å². The van der Waals surface area contributed by atoms with Gasteiger partial charge in [0.1, 0.15) is 5.75 Å². The molecule has 3 fully saturated rings. The number of carbonyl (C=O) groups is 2. The van der Waals surface area contributed by atoms with Gasteiger partial charge in [0, 0.05) is 30.1 Å². The number of benzene rings is 1. The summed E-state index contributed by atoms with van der Waals surface area (Å²) in [6.07, 6.45) is 1.83. The molecule has 3 heterocycles. The molecule has 4 rings (SSSR count). The van der Waals surface area contributed by atoms with Gasteiger partial charge in [-0.15, -0.1) is 0 Å². The second-order valence-electron chi connectivity index (χ2n) is 6.44. The molecule has 3 saturated heterocycles. The highest BCUT2D eigenvalue weighted by atomic mass is 35.5. The third kappa shape index (κ3) is 2.20. The summed E-state index contributed by atoms with van der Waals surface area (Å²) in [6, 6.07) is 4.74. The molecule has 1 spiro atoms. The van der Waals surface area contributed by atoms with Crippen molar-refractivity contribution in [3.8, 4) is 5.75 Å². The number of likely N-dealkylation sites (tertiary alicyclic amines) is 1. The van der Waals surface area contributed by atoms with Crippen LogP contribution in [0.1, 0.15) is 29.6 Å². The van der Waals surface area contributed by atoms with Crippen LogP contribution in [0.3, 0.4) is 0 Å². The van der Waals surface area contributed by atoms with Crippen LogP contribution in [0.5, 0.6) is 5.75 Å². The lowest BCUT2D eigenvalue weighted by Gasteiger charge is -2.42. The highest BCUT2D eigenvalue weighted by molar-refractivity contribution is 6.31. The standard InChI is InChI=1S/C17H19ClN2O4/c1-23-13-8-11(7-12(18)9-13)16(22)19-5-3-17-14(19)10-15(21)20(17)4-2-6-24-17/h7-9,14H,2-6,10H2,1H3/t14-,17+/m1/s1. The molecule has 0 bridgehead atoms. The smallest absolute Gasteiger partial charge is 0.254 e. The van der Waals surface area contributed by atoms with Crippen LogP contribution in [0.2, 0.25) is 5.02 Å². The van der Waals surface area contributed by atoms with Crippen LogP contribution in [0, 0.1) is 0 Å². The first-order valence-corrected chi connectivity index (χ1v) is 8.53. The average Bonchev–Trinajstić information content (AvgIpc) is 3.06. The molecule has 0 aromatic heterocycles. The molecule has 0 unspecified atom stereocenters. The Hall–Kier alpha value is -1.79. The molecule has 0 radical (unpaired) electrons. The molecular weight excluding hydrogens is 332 g/mol. The van der Waals surface area contributed by atoms with Crippen molar-refractivity contribution in [2.24, 2.45) is 0 Å². The lowest BCUT2D eigenvalue weighted by molar-refractivity contribution is -0.179. The van der Waals surface area contributed by atoms with Crippen molar-refractivity contribution in [1.29, 1.82) is 0 Å². The molecule has 0 N–H and O–H groups in total. The van der Waals surface area contributed by atoms with Gasteiger partial charge in [0.2, 0.25) is 5.91 Å². The Morgan fingerprint density at radius 2 is 2.21 bits per heavy atom. The van der Waals surface area contributed by atoms with Gasteiger partial charge < -0.3 is 19.3 Å². The van der Waals surface area contributed by atoms with E-state index >= 15 is 0 Å². The van der Waals surface area contributed by atoms with Crippen molar-refractivity contribution in [3.05, 3.63) is 28.8 Å². The molecule has 1 aromatic rings. The minimum absolute atomic E-state index is 0.0703.